The molecule has 0 bridgehead atoms. The Morgan fingerprint density at radius 3 is 2.72 bits per heavy atom. The summed E-state index contributed by atoms with van der Waals surface area (Å²) in [6, 6.07) is 3.05. The number of carboxylic acid groups (broad SMARTS) is 1. The number of pyridine rings is 1. The molecule has 5 nitrogen and oxygen atoms in total. The van der Waals surface area contributed by atoms with Crippen molar-refractivity contribution >= 4 is 11.9 Å². The predicted octanol–water partition coefficient (Wildman–Crippen LogP) is 1.65. The van der Waals surface area contributed by atoms with Gasteiger partial charge in [0.25, 0.3) is 5.91 Å². The van der Waals surface area contributed by atoms with Crippen molar-refractivity contribution < 1.29 is 14.7 Å². The summed E-state index contributed by atoms with van der Waals surface area (Å²) in [7, 11) is 1.70. The van der Waals surface area contributed by atoms with Crippen LogP contribution in [0.1, 0.15) is 40.6 Å². The van der Waals surface area contributed by atoms with Gasteiger partial charge in [-0.3, -0.25) is 9.78 Å². The molecule has 1 N–H and O–H groups in total. The first kappa shape index (κ1) is 12.5. The highest BCUT2D eigenvalue weighted by Crippen LogP contribution is 2.35. The fourth-order valence-corrected chi connectivity index (χ4v) is 2.00. The molecule has 1 atom stereocenters. The summed E-state index contributed by atoms with van der Waals surface area (Å²) in [6.45, 7) is 1.99. The van der Waals surface area contributed by atoms with Gasteiger partial charge in [-0.05, 0) is 37.8 Å². The molecule has 1 aliphatic carbocycles. The minimum Gasteiger partial charge on any atom is -0.478 e. The van der Waals surface area contributed by atoms with Crippen LogP contribution in [-0.2, 0) is 0 Å². The Kier molecular flexibility index (Phi) is 3.32. The Morgan fingerprint density at radius 1 is 1.50 bits per heavy atom. The third-order valence-corrected chi connectivity index (χ3v) is 3.48. The molecule has 1 fully saturated rings. The number of aromatic nitrogens is 1. The fraction of sp³-hybridized carbons (Fsp3) is 0.462. The molecule has 2 rings (SSSR count). The molecule has 1 heterocycles. The van der Waals surface area contributed by atoms with Gasteiger partial charge in [-0.1, -0.05) is 0 Å². The van der Waals surface area contributed by atoms with Gasteiger partial charge in [0.1, 0.15) is 5.69 Å². The molecule has 1 saturated carbocycles. The summed E-state index contributed by atoms with van der Waals surface area (Å²) in [6.07, 6.45) is 3.70. The first-order chi connectivity index (χ1) is 8.52. The third-order valence-electron chi connectivity index (χ3n) is 3.48. The van der Waals surface area contributed by atoms with E-state index in [0.717, 1.165) is 12.8 Å². The van der Waals surface area contributed by atoms with Gasteiger partial charge in [0.05, 0.1) is 5.56 Å². The molecule has 1 aromatic heterocycles. The summed E-state index contributed by atoms with van der Waals surface area (Å²) in [5.74, 6) is -0.915. The van der Waals surface area contributed by atoms with E-state index >= 15 is 0 Å². The van der Waals surface area contributed by atoms with Crippen molar-refractivity contribution in [3.63, 3.8) is 0 Å². The van der Waals surface area contributed by atoms with E-state index in [2.05, 4.69) is 4.98 Å². The molecule has 0 spiro atoms. The summed E-state index contributed by atoms with van der Waals surface area (Å²) in [5, 5.41) is 9.05. The van der Waals surface area contributed by atoms with Crippen LogP contribution in [0.15, 0.2) is 18.3 Å². The number of hydrogen-bond donors (Lipinski definition) is 1. The maximum Gasteiger partial charge on any atom is 0.338 e. The molecule has 0 aromatic carbocycles. The maximum absolute atomic E-state index is 12.2. The van der Waals surface area contributed by atoms with Gasteiger partial charge >= 0.3 is 5.97 Å². The molecular formula is C13H16N2O3. The van der Waals surface area contributed by atoms with Gasteiger partial charge in [0.2, 0.25) is 0 Å². The highest BCUT2D eigenvalue weighted by molar-refractivity contribution is 6.03. The Morgan fingerprint density at radius 2 is 2.17 bits per heavy atom. The van der Waals surface area contributed by atoms with E-state index in [4.69, 9.17) is 5.11 Å². The molecule has 1 unspecified atom stereocenters. The van der Waals surface area contributed by atoms with Crippen LogP contribution in [0.25, 0.3) is 0 Å². The number of amides is 1. The molecule has 0 saturated heterocycles. The summed E-state index contributed by atoms with van der Waals surface area (Å²) >= 11 is 0. The Hall–Kier alpha value is -1.91. The number of carbonyl (C=O) groups excluding carboxylic acids is 1. The molecule has 1 aromatic rings. The zero-order valence-electron chi connectivity index (χ0n) is 10.5. The van der Waals surface area contributed by atoms with E-state index in [1.54, 1.807) is 11.9 Å². The number of hydrogen-bond acceptors (Lipinski definition) is 3. The maximum atomic E-state index is 12.2. The minimum absolute atomic E-state index is 0.0139. The standard InChI is InChI=1S/C13H16N2O3/c1-8(9-5-6-9)15(2)12(16)11-10(13(17)18)4-3-7-14-11/h3-4,7-9H,5-6H2,1-2H3,(H,17,18). The lowest BCUT2D eigenvalue weighted by molar-refractivity contribution is 0.0663. The van der Waals surface area contributed by atoms with Crippen molar-refractivity contribution in [2.45, 2.75) is 25.8 Å². The predicted molar refractivity (Wildman–Crippen MR) is 65.5 cm³/mol. The molecule has 5 heteroatoms. The second-order valence-corrected chi connectivity index (χ2v) is 4.70. The van der Waals surface area contributed by atoms with E-state index in [0.29, 0.717) is 5.92 Å². The largest absolute Gasteiger partial charge is 0.478 e. The number of aromatic carboxylic acids is 1. The zero-order chi connectivity index (χ0) is 13.3. The Bertz CT molecular complexity index is 483. The van der Waals surface area contributed by atoms with Crippen LogP contribution >= 0.6 is 0 Å². The highest BCUT2D eigenvalue weighted by Gasteiger charge is 2.34. The van der Waals surface area contributed by atoms with E-state index in [-0.39, 0.29) is 23.2 Å². The summed E-state index contributed by atoms with van der Waals surface area (Å²) in [4.78, 5) is 28.8. The number of carbonyl (C=O) groups is 2. The second-order valence-electron chi connectivity index (χ2n) is 4.70. The fourth-order valence-electron chi connectivity index (χ4n) is 2.00. The topological polar surface area (TPSA) is 70.5 Å². The van der Waals surface area contributed by atoms with Crippen LogP contribution in [0.5, 0.6) is 0 Å². The van der Waals surface area contributed by atoms with Gasteiger partial charge in [-0.15, -0.1) is 0 Å². The molecule has 1 aliphatic rings. The van der Waals surface area contributed by atoms with Crippen molar-refractivity contribution in [1.29, 1.82) is 0 Å². The van der Waals surface area contributed by atoms with Crippen LogP contribution in [0, 0.1) is 5.92 Å². The lowest BCUT2D eigenvalue weighted by Gasteiger charge is -2.24. The van der Waals surface area contributed by atoms with Crippen LogP contribution in [0.3, 0.4) is 0 Å². The Balaban J connectivity index is 2.25. The first-order valence-electron chi connectivity index (χ1n) is 5.98. The molecule has 1 amide bonds. The van der Waals surface area contributed by atoms with Gasteiger partial charge < -0.3 is 10.0 Å². The molecular weight excluding hydrogens is 232 g/mol. The normalized spacial score (nSPS) is 16.1. The van der Waals surface area contributed by atoms with E-state index in [1.807, 2.05) is 6.92 Å². The van der Waals surface area contributed by atoms with Crippen LogP contribution in [0.2, 0.25) is 0 Å². The average molecular weight is 248 g/mol. The summed E-state index contributed by atoms with van der Waals surface area (Å²) in [5.41, 5.74) is -0.0302. The second kappa shape index (κ2) is 4.76. The number of nitrogens with zero attached hydrogens (tertiary/aromatic N) is 2. The van der Waals surface area contributed by atoms with Crippen LogP contribution in [-0.4, -0.2) is 40.0 Å². The molecule has 0 aliphatic heterocycles. The van der Waals surface area contributed by atoms with Crippen molar-refractivity contribution in [2.75, 3.05) is 7.05 Å². The quantitative estimate of drug-likeness (QED) is 0.879. The van der Waals surface area contributed by atoms with Crippen molar-refractivity contribution in [2.24, 2.45) is 5.92 Å². The van der Waals surface area contributed by atoms with Gasteiger partial charge in [0.15, 0.2) is 0 Å². The van der Waals surface area contributed by atoms with E-state index in [9.17, 15) is 9.59 Å². The monoisotopic (exact) mass is 248 g/mol. The average Bonchev–Trinajstić information content (AvgIpc) is 3.20. The van der Waals surface area contributed by atoms with Crippen LogP contribution < -0.4 is 0 Å². The summed E-state index contributed by atoms with van der Waals surface area (Å²) < 4.78 is 0. The minimum atomic E-state index is -1.13. The lowest BCUT2D eigenvalue weighted by Crippen LogP contribution is -2.37. The van der Waals surface area contributed by atoms with E-state index < -0.39 is 5.97 Å². The van der Waals surface area contributed by atoms with Gasteiger partial charge in [0, 0.05) is 19.3 Å². The first-order valence-corrected chi connectivity index (χ1v) is 5.98. The van der Waals surface area contributed by atoms with Gasteiger partial charge in [-0.2, -0.15) is 0 Å². The van der Waals surface area contributed by atoms with Crippen LogP contribution in [0.4, 0.5) is 0 Å². The molecule has 96 valence electrons. The number of rotatable bonds is 4. The van der Waals surface area contributed by atoms with Crippen molar-refractivity contribution in [3.05, 3.63) is 29.6 Å². The van der Waals surface area contributed by atoms with Crippen molar-refractivity contribution in [1.82, 2.24) is 9.88 Å². The SMILES string of the molecule is CC(C1CC1)N(C)C(=O)c1ncccc1C(=O)O. The smallest absolute Gasteiger partial charge is 0.338 e. The molecule has 18 heavy (non-hydrogen) atoms. The zero-order valence-corrected chi connectivity index (χ0v) is 10.5. The molecule has 0 radical (unpaired) electrons. The van der Waals surface area contributed by atoms with Crippen molar-refractivity contribution in [3.8, 4) is 0 Å². The van der Waals surface area contributed by atoms with E-state index in [1.165, 1.54) is 18.3 Å². The number of carboxylic acids is 1. The lowest BCUT2D eigenvalue weighted by atomic mass is 10.1. The Labute approximate surface area is 105 Å². The van der Waals surface area contributed by atoms with Gasteiger partial charge in [-0.25, -0.2) is 4.79 Å². The third kappa shape index (κ3) is 2.34. The highest BCUT2D eigenvalue weighted by atomic mass is 16.4.